The third-order valence-corrected chi connectivity index (χ3v) is 2.45. The van der Waals surface area contributed by atoms with Gasteiger partial charge in [-0.2, -0.15) is 0 Å². The molecule has 0 atom stereocenters. The maximum Gasteiger partial charge on any atom is 0.148 e. The van der Waals surface area contributed by atoms with Gasteiger partial charge in [-0.25, -0.2) is 0 Å². The molecule has 0 amide bonds. The molecule has 0 saturated carbocycles. The van der Waals surface area contributed by atoms with Crippen molar-refractivity contribution >= 4 is 24.3 Å². The molecule has 4 nitrogen and oxygen atoms in total. The van der Waals surface area contributed by atoms with Crippen molar-refractivity contribution in [3.8, 4) is 11.5 Å². The van der Waals surface area contributed by atoms with Gasteiger partial charge in [0, 0.05) is 24.7 Å². The van der Waals surface area contributed by atoms with Crippen molar-refractivity contribution in [2.45, 2.75) is 0 Å². The van der Waals surface area contributed by atoms with E-state index in [1.54, 1.807) is 38.9 Å². The predicted octanol–water partition coefficient (Wildman–Crippen LogP) is 3.27. The molecule has 2 aromatic rings. The standard InChI is InChI=1S/C14H14N2O2.ClH/c1-17-12-3-4-13(14(9-12)18-2)16-10-11-5-7-15-8-6-11;/h3-10H,1-2H3;1H. The number of hydrogen-bond acceptors (Lipinski definition) is 4. The van der Waals surface area contributed by atoms with E-state index in [0.29, 0.717) is 5.75 Å². The average Bonchev–Trinajstić information content (AvgIpc) is 2.46. The van der Waals surface area contributed by atoms with E-state index in [2.05, 4.69) is 9.98 Å². The third kappa shape index (κ3) is 3.96. The van der Waals surface area contributed by atoms with Crippen LogP contribution in [-0.2, 0) is 0 Å². The fourth-order valence-electron chi connectivity index (χ4n) is 1.49. The summed E-state index contributed by atoms with van der Waals surface area (Å²) in [5.41, 5.74) is 1.75. The van der Waals surface area contributed by atoms with Crippen molar-refractivity contribution in [1.82, 2.24) is 4.98 Å². The summed E-state index contributed by atoms with van der Waals surface area (Å²) in [7, 11) is 3.23. The SMILES string of the molecule is COc1ccc(N=Cc2ccncc2)c(OC)c1.Cl. The molecule has 0 fully saturated rings. The number of methoxy groups -OCH3 is 2. The number of benzene rings is 1. The molecule has 0 aliphatic heterocycles. The van der Waals surface area contributed by atoms with Gasteiger partial charge in [-0.3, -0.25) is 9.98 Å². The first kappa shape index (κ1) is 15.0. The summed E-state index contributed by atoms with van der Waals surface area (Å²) >= 11 is 0. The van der Waals surface area contributed by atoms with E-state index >= 15 is 0 Å². The van der Waals surface area contributed by atoms with Gasteiger partial charge in [0.05, 0.1) is 14.2 Å². The topological polar surface area (TPSA) is 43.7 Å². The fraction of sp³-hybridized carbons (Fsp3) is 0.143. The molecular weight excluding hydrogens is 264 g/mol. The second-order valence-corrected chi connectivity index (χ2v) is 3.58. The molecule has 1 aromatic carbocycles. The van der Waals surface area contributed by atoms with Crippen LogP contribution in [0.4, 0.5) is 5.69 Å². The van der Waals surface area contributed by atoms with Crippen molar-refractivity contribution in [3.05, 3.63) is 48.3 Å². The average molecular weight is 279 g/mol. The molecule has 0 bridgehead atoms. The molecular formula is C14H15ClN2O2. The van der Waals surface area contributed by atoms with Gasteiger partial charge in [0.25, 0.3) is 0 Å². The lowest BCUT2D eigenvalue weighted by Crippen LogP contribution is -1.87. The Hall–Kier alpha value is -2.07. The van der Waals surface area contributed by atoms with E-state index < -0.39 is 0 Å². The summed E-state index contributed by atoms with van der Waals surface area (Å²) in [6.45, 7) is 0. The molecule has 5 heteroatoms. The Morgan fingerprint density at radius 3 is 2.42 bits per heavy atom. The molecule has 1 aromatic heterocycles. The molecule has 0 saturated heterocycles. The summed E-state index contributed by atoms with van der Waals surface area (Å²) in [5, 5.41) is 0. The summed E-state index contributed by atoms with van der Waals surface area (Å²) < 4.78 is 10.4. The molecule has 0 unspecified atom stereocenters. The quantitative estimate of drug-likeness (QED) is 0.806. The normalized spacial score (nSPS) is 10.0. The minimum atomic E-state index is 0. The summed E-state index contributed by atoms with van der Waals surface area (Å²) in [4.78, 5) is 8.34. The van der Waals surface area contributed by atoms with Crippen LogP contribution in [0.5, 0.6) is 11.5 Å². The van der Waals surface area contributed by atoms with E-state index in [1.807, 2.05) is 24.3 Å². The van der Waals surface area contributed by atoms with Gasteiger partial charge in [0.1, 0.15) is 17.2 Å². The Labute approximate surface area is 118 Å². The number of pyridine rings is 1. The van der Waals surface area contributed by atoms with Gasteiger partial charge >= 0.3 is 0 Å². The molecule has 1 heterocycles. The third-order valence-electron chi connectivity index (χ3n) is 2.45. The molecule has 0 radical (unpaired) electrons. The molecule has 0 aliphatic carbocycles. The Kier molecular flexibility index (Phi) is 5.82. The number of nitrogens with zero attached hydrogens (tertiary/aromatic N) is 2. The monoisotopic (exact) mass is 278 g/mol. The van der Waals surface area contributed by atoms with Crippen LogP contribution in [0.1, 0.15) is 5.56 Å². The number of halogens is 1. The van der Waals surface area contributed by atoms with Crippen LogP contribution >= 0.6 is 12.4 Å². The lowest BCUT2D eigenvalue weighted by Gasteiger charge is -2.06. The van der Waals surface area contributed by atoms with Crippen LogP contribution in [-0.4, -0.2) is 25.4 Å². The minimum absolute atomic E-state index is 0. The molecule has 100 valence electrons. The highest BCUT2D eigenvalue weighted by atomic mass is 35.5. The summed E-state index contributed by atoms with van der Waals surface area (Å²) in [6, 6.07) is 9.29. The van der Waals surface area contributed by atoms with Gasteiger partial charge in [-0.05, 0) is 29.8 Å². The molecule has 19 heavy (non-hydrogen) atoms. The van der Waals surface area contributed by atoms with Gasteiger partial charge in [0.15, 0.2) is 0 Å². The van der Waals surface area contributed by atoms with Crippen LogP contribution in [0.15, 0.2) is 47.7 Å². The van der Waals surface area contributed by atoms with Crippen molar-refractivity contribution < 1.29 is 9.47 Å². The van der Waals surface area contributed by atoms with E-state index in [1.165, 1.54) is 0 Å². The van der Waals surface area contributed by atoms with Gasteiger partial charge in [-0.1, -0.05) is 0 Å². The van der Waals surface area contributed by atoms with Crippen molar-refractivity contribution in [3.63, 3.8) is 0 Å². The maximum absolute atomic E-state index is 5.27. The van der Waals surface area contributed by atoms with E-state index in [4.69, 9.17) is 9.47 Å². The molecule has 0 N–H and O–H groups in total. The van der Waals surface area contributed by atoms with E-state index in [0.717, 1.165) is 17.0 Å². The molecule has 2 rings (SSSR count). The Morgan fingerprint density at radius 1 is 1.05 bits per heavy atom. The van der Waals surface area contributed by atoms with Crippen molar-refractivity contribution in [1.29, 1.82) is 0 Å². The highest BCUT2D eigenvalue weighted by Crippen LogP contribution is 2.31. The summed E-state index contributed by atoms with van der Waals surface area (Å²) in [5.74, 6) is 1.43. The Morgan fingerprint density at radius 2 is 1.79 bits per heavy atom. The van der Waals surface area contributed by atoms with Crippen molar-refractivity contribution in [2.75, 3.05) is 14.2 Å². The van der Waals surface area contributed by atoms with Crippen LogP contribution in [0.25, 0.3) is 0 Å². The zero-order chi connectivity index (χ0) is 12.8. The second kappa shape index (κ2) is 7.38. The first-order chi connectivity index (χ1) is 8.83. The smallest absolute Gasteiger partial charge is 0.148 e. The maximum atomic E-state index is 5.27. The van der Waals surface area contributed by atoms with Crippen molar-refractivity contribution in [2.24, 2.45) is 4.99 Å². The van der Waals surface area contributed by atoms with Gasteiger partial charge < -0.3 is 9.47 Å². The largest absolute Gasteiger partial charge is 0.497 e. The summed E-state index contributed by atoms with van der Waals surface area (Å²) in [6.07, 6.45) is 5.23. The Bertz CT molecular complexity index is 544. The number of ether oxygens (including phenoxy) is 2. The second-order valence-electron chi connectivity index (χ2n) is 3.58. The number of rotatable bonds is 4. The lowest BCUT2D eigenvalue weighted by molar-refractivity contribution is 0.395. The molecule has 0 aliphatic rings. The minimum Gasteiger partial charge on any atom is -0.497 e. The number of hydrogen-bond donors (Lipinski definition) is 0. The van der Waals surface area contributed by atoms with Crippen LogP contribution in [0.2, 0.25) is 0 Å². The highest BCUT2D eigenvalue weighted by molar-refractivity contribution is 5.85. The van der Waals surface area contributed by atoms with Crippen LogP contribution in [0, 0.1) is 0 Å². The van der Waals surface area contributed by atoms with Gasteiger partial charge in [-0.15, -0.1) is 12.4 Å². The Balaban J connectivity index is 0.00000180. The zero-order valence-electron chi connectivity index (χ0n) is 10.7. The van der Waals surface area contributed by atoms with Crippen LogP contribution < -0.4 is 9.47 Å². The highest BCUT2D eigenvalue weighted by Gasteiger charge is 2.02. The van der Waals surface area contributed by atoms with E-state index in [9.17, 15) is 0 Å². The molecule has 0 spiro atoms. The zero-order valence-corrected chi connectivity index (χ0v) is 11.6. The lowest BCUT2D eigenvalue weighted by atomic mass is 10.2. The predicted molar refractivity (Wildman–Crippen MR) is 78.3 cm³/mol. The number of aliphatic imine (C=N–C) groups is 1. The van der Waals surface area contributed by atoms with Crippen LogP contribution in [0.3, 0.4) is 0 Å². The first-order valence-electron chi connectivity index (χ1n) is 5.49. The first-order valence-corrected chi connectivity index (χ1v) is 5.49. The fourth-order valence-corrected chi connectivity index (χ4v) is 1.49. The number of aromatic nitrogens is 1. The van der Waals surface area contributed by atoms with Gasteiger partial charge in [0.2, 0.25) is 0 Å². The van der Waals surface area contributed by atoms with E-state index in [-0.39, 0.29) is 12.4 Å².